The van der Waals surface area contributed by atoms with Crippen LogP contribution in [-0.2, 0) is 0 Å². The van der Waals surface area contributed by atoms with Crippen molar-refractivity contribution in [2.24, 2.45) is 0 Å². The Morgan fingerprint density at radius 3 is 2.60 bits per heavy atom. The van der Waals surface area contributed by atoms with Gasteiger partial charge in [-0.3, -0.25) is 0 Å². The lowest BCUT2D eigenvalue weighted by Crippen LogP contribution is -1.85. The topological polar surface area (TPSA) is 0 Å². The number of rotatable bonds is 2. The van der Waals surface area contributed by atoms with Crippen LogP contribution in [0.5, 0.6) is 0 Å². The van der Waals surface area contributed by atoms with Crippen LogP contribution >= 0.6 is 88.7 Å². The largest absolute Gasteiger partial charge is 0.137 e. The van der Waals surface area contributed by atoms with Crippen LogP contribution in [0.1, 0.15) is 15.3 Å². The van der Waals surface area contributed by atoms with E-state index in [0.717, 1.165) is 8.81 Å². The number of halogens is 4. The molecule has 15 heavy (non-hydrogen) atoms. The summed E-state index contributed by atoms with van der Waals surface area (Å²) in [5, 5.41) is 2.17. The Bertz CT molecular complexity index is 461. The minimum Gasteiger partial charge on any atom is -0.137 e. The Kier molecular flexibility index (Phi) is 4.58. The van der Waals surface area contributed by atoms with Gasteiger partial charge in [0.2, 0.25) is 0 Å². The van der Waals surface area contributed by atoms with E-state index in [9.17, 15) is 0 Å². The fraction of sp³-hybridized carbons (Fsp3) is 0.111. The highest BCUT2D eigenvalue weighted by molar-refractivity contribution is 14.1. The molecule has 0 aliphatic rings. The van der Waals surface area contributed by atoms with Crippen molar-refractivity contribution in [3.8, 4) is 0 Å². The van der Waals surface area contributed by atoms with Gasteiger partial charge in [0, 0.05) is 9.35 Å². The van der Waals surface area contributed by atoms with Crippen LogP contribution in [0.15, 0.2) is 22.0 Å². The standard InChI is InChI=1S/C9H4Br2ClIS2/c10-5-2-6(15-9(5)12)8(11)4-1-7(13)14-3-4/h1-3,8H. The molecule has 0 aliphatic heterocycles. The molecule has 2 aromatic heterocycles. The lowest BCUT2D eigenvalue weighted by Gasteiger charge is -2.03. The Morgan fingerprint density at radius 2 is 2.13 bits per heavy atom. The van der Waals surface area contributed by atoms with Gasteiger partial charge in [-0.25, -0.2) is 0 Å². The van der Waals surface area contributed by atoms with Crippen LogP contribution in [0.2, 0.25) is 4.34 Å². The van der Waals surface area contributed by atoms with Crippen LogP contribution in [-0.4, -0.2) is 0 Å². The summed E-state index contributed by atoms with van der Waals surface area (Å²) in [6, 6.07) is 4.25. The van der Waals surface area contributed by atoms with Crippen molar-refractivity contribution in [1.29, 1.82) is 0 Å². The first-order valence-corrected chi connectivity index (χ1v) is 8.77. The first-order chi connectivity index (χ1) is 7.08. The van der Waals surface area contributed by atoms with Crippen molar-refractivity contribution >= 4 is 88.7 Å². The summed E-state index contributed by atoms with van der Waals surface area (Å²) in [5.41, 5.74) is 1.29. The van der Waals surface area contributed by atoms with E-state index in [1.54, 1.807) is 22.7 Å². The minimum atomic E-state index is 0.242. The molecule has 0 aliphatic carbocycles. The van der Waals surface area contributed by atoms with E-state index < -0.39 is 0 Å². The minimum absolute atomic E-state index is 0.242. The molecule has 0 radical (unpaired) electrons. The van der Waals surface area contributed by atoms with Crippen molar-refractivity contribution in [3.63, 3.8) is 0 Å². The fourth-order valence-electron chi connectivity index (χ4n) is 1.11. The van der Waals surface area contributed by atoms with Crippen LogP contribution in [0, 0.1) is 2.88 Å². The zero-order valence-corrected chi connectivity index (χ0v) is 14.9. The van der Waals surface area contributed by atoms with Gasteiger partial charge >= 0.3 is 0 Å². The quantitative estimate of drug-likeness (QED) is 0.336. The van der Waals surface area contributed by atoms with E-state index in [1.165, 1.54) is 13.3 Å². The molecule has 2 heterocycles. The van der Waals surface area contributed by atoms with E-state index in [2.05, 4.69) is 72.0 Å². The van der Waals surface area contributed by atoms with Crippen LogP contribution in [0.3, 0.4) is 0 Å². The molecule has 0 spiro atoms. The predicted molar refractivity (Wildman–Crippen MR) is 84.8 cm³/mol. The SMILES string of the molecule is Clc1sc(C(Br)c2csc(I)c2)cc1Br. The third-order valence-corrected chi connectivity index (χ3v) is 7.47. The van der Waals surface area contributed by atoms with Crippen molar-refractivity contribution < 1.29 is 0 Å². The number of hydrogen-bond donors (Lipinski definition) is 0. The maximum absolute atomic E-state index is 6.02. The van der Waals surface area contributed by atoms with Crippen molar-refractivity contribution in [3.05, 3.63) is 39.6 Å². The number of hydrogen-bond acceptors (Lipinski definition) is 2. The summed E-state index contributed by atoms with van der Waals surface area (Å²) < 4.78 is 3.08. The lowest BCUT2D eigenvalue weighted by molar-refractivity contribution is 1.24. The summed E-state index contributed by atoms with van der Waals surface area (Å²) in [7, 11) is 0. The maximum atomic E-state index is 6.02. The van der Waals surface area contributed by atoms with Gasteiger partial charge < -0.3 is 0 Å². The second-order valence-electron chi connectivity index (χ2n) is 2.82. The molecule has 0 saturated carbocycles. The van der Waals surface area contributed by atoms with Gasteiger partial charge in [-0.1, -0.05) is 27.5 Å². The Hall–Kier alpha value is 1.38. The predicted octanol–water partition coefficient (Wildman–Crippen LogP) is 6.31. The molecule has 80 valence electrons. The van der Waals surface area contributed by atoms with Gasteiger partial charge in [0.05, 0.1) is 7.71 Å². The molecule has 1 unspecified atom stereocenters. The second-order valence-corrected chi connectivity index (χ2v) is 9.08. The van der Waals surface area contributed by atoms with Crippen molar-refractivity contribution in [2.45, 2.75) is 4.83 Å². The highest BCUT2D eigenvalue weighted by Gasteiger charge is 2.16. The average molecular weight is 498 g/mol. The third kappa shape index (κ3) is 2.98. The number of alkyl halides is 1. The maximum Gasteiger partial charge on any atom is 0.107 e. The molecular weight excluding hydrogens is 494 g/mol. The van der Waals surface area contributed by atoms with Gasteiger partial charge in [0.1, 0.15) is 4.34 Å². The summed E-state index contributed by atoms with van der Waals surface area (Å²) in [6.45, 7) is 0. The average Bonchev–Trinajstić information content (AvgIpc) is 2.74. The molecule has 0 aromatic carbocycles. The number of thiophene rings is 2. The first kappa shape index (κ1) is 12.8. The highest BCUT2D eigenvalue weighted by atomic mass is 127. The first-order valence-electron chi connectivity index (χ1n) is 3.90. The normalized spacial score (nSPS) is 13.1. The van der Waals surface area contributed by atoms with Gasteiger partial charge in [-0.15, -0.1) is 22.7 Å². The van der Waals surface area contributed by atoms with E-state index in [4.69, 9.17) is 11.6 Å². The molecule has 6 heteroatoms. The molecule has 0 saturated heterocycles. The Labute approximate surface area is 131 Å². The van der Waals surface area contributed by atoms with Gasteiger partial charge in [-0.2, -0.15) is 0 Å². The van der Waals surface area contributed by atoms with Gasteiger partial charge in [0.25, 0.3) is 0 Å². The molecule has 0 nitrogen and oxygen atoms in total. The van der Waals surface area contributed by atoms with Crippen LogP contribution in [0.4, 0.5) is 0 Å². The monoisotopic (exact) mass is 496 g/mol. The van der Waals surface area contributed by atoms with Crippen LogP contribution < -0.4 is 0 Å². The van der Waals surface area contributed by atoms with E-state index >= 15 is 0 Å². The smallest absolute Gasteiger partial charge is 0.107 e. The molecule has 2 rings (SSSR count). The summed E-state index contributed by atoms with van der Waals surface area (Å²) >= 11 is 18.8. The Balaban J connectivity index is 2.31. The van der Waals surface area contributed by atoms with Gasteiger partial charge in [0.15, 0.2) is 0 Å². The molecule has 2 aromatic rings. The van der Waals surface area contributed by atoms with E-state index in [1.807, 2.05) is 0 Å². The fourth-order valence-corrected chi connectivity index (χ4v) is 5.10. The molecular formula is C9H4Br2ClIS2. The van der Waals surface area contributed by atoms with Crippen molar-refractivity contribution in [1.82, 2.24) is 0 Å². The van der Waals surface area contributed by atoms with Gasteiger partial charge in [-0.05, 0) is 61.6 Å². The summed E-state index contributed by atoms with van der Waals surface area (Å²) in [6.07, 6.45) is 0. The Morgan fingerprint density at radius 1 is 1.40 bits per heavy atom. The highest BCUT2D eigenvalue weighted by Crippen LogP contribution is 2.42. The van der Waals surface area contributed by atoms with E-state index in [0.29, 0.717) is 0 Å². The second kappa shape index (κ2) is 5.35. The van der Waals surface area contributed by atoms with Crippen molar-refractivity contribution in [2.75, 3.05) is 0 Å². The lowest BCUT2D eigenvalue weighted by atomic mass is 10.2. The molecule has 0 fully saturated rings. The zero-order valence-electron chi connectivity index (χ0n) is 7.14. The molecule has 1 atom stereocenters. The summed E-state index contributed by atoms with van der Waals surface area (Å²) in [5.74, 6) is 0. The van der Waals surface area contributed by atoms with E-state index in [-0.39, 0.29) is 4.83 Å². The zero-order chi connectivity index (χ0) is 11.0. The third-order valence-electron chi connectivity index (χ3n) is 1.79. The molecule has 0 bridgehead atoms. The summed E-state index contributed by atoms with van der Waals surface area (Å²) in [4.78, 5) is 1.46. The van der Waals surface area contributed by atoms with Crippen LogP contribution in [0.25, 0.3) is 0 Å². The molecule has 0 N–H and O–H groups in total. The molecule has 0 amide bonds.